The maximum absolute atomic E-state index is 13.2. The predicted molar refractivity (Wildman–Crippen MR) is 106 cm³/mol. The maximum Gasteiger partial charge on any atom is 0.243 e. The number of amides is 1. The first-order chi connectivity index (χ1) is 13.3. The SMILES string of the molecule is CC(C)CC[C@@H](C)NC(=O)[C@H]1CCCN1S(=O)(=O)c1ccc2c(c1)OCCO2. The molecule has 0 aromatic heterocycles. The largest absolute Gasteiger partial charge is 0.486 e. The predicted octanol–water partition coefficient (Wildman–Crippen LogP) is 2.55. The van der Waals surface area contributed by atoms with Gasteiger partial charge in [-0.25, -0.2) is 8.42 Å². The Kier molecular flexibility index (Phi) is 6.50. The van der Waals surface area contributed by atoms with Crippen molar-refractivity contribution in [2.75, 3.05) is 19.8 Å². The summed E-state index contributed by atoms with van der Waals surface area (Å²) < 4.78 is 38.7. The molecule has 0 bridgehead atoms. The summed E-state index contributed by atoms with van der Waals surface area (Å²) in [6, 6.07) is 3.97. The first-order valence-electron chi connectivity index (χ1n) is 10.0. The minimum absolute atomic E-state index is 0.0225. The molecule has 156 valence electrons. The Morgan fingerprint density at radius 1 is 1.18 bits per heavy atom. The van der Waals surface area contributed by atoms with Crippen LogP contribution in [0, 0.1) is 5.92 Å². The van der Waals surface area contributed by atoms with E-state index < -0.39 is 16.1 Å². The number of hydrogen-bond acceptors (Lipinski definition) is 5. The van der Waals surface area contributed by atoms with Crippen LogP contribution < -0.4 is 14.8 Å². The van der Waals surface area contributed by atoms with Gasteiger partial charge in [0.1, 0.15) is 19.3 Å². The zero-order valence-corrected chi connectivity index (χ0v) is 17.6. The van der Waals surface area contributed by atoms with Gasteiger partial charge >= 0.3 is 0 Å². The number of carbonyl (C=O) groups is 1. The smallest absolute Gasteiger partial charge is 0.243 e. The van der Waals surface area contributed by atoms with Gasteiger partial charge in [0, 0.05) is 18.7 Å². The number of benzene rings is 1. The van der Waals surface area contributed by atoms with Gasteiger partial charge in [0.2, 0.25) is 15.9 Å². The van der Waals surface area contributed by atoms with Gasteiger partial charge in [-0.15, -0.1) is 0 Å². The summed E-state index contributed by atoms with van der Waals surface area (Å²) in [5, 5.41) is 2.99. The molecule has 1 saturated heterocycles. The Bertz CT molecular complexity index is 809. The van der Waals surface area contributed by atoms with Gasteiger partial charge < -0.3 is 14.8 Å². The molecule has 7 nitrogen and oxygen atoms in total. The number of carbonyl (C=O) groups excluding carboxylic acids is 1. The van der Waals surface area contributed by atoms with Crippen LogP contribution in [0.15, 0.2) is 23.1 Å². The molecule has 1 N–H and O–H groups in total. The van der Waals surface area contributed by atoms with Crippen LogP contribution in [-0.2, 0) is 14.8 Å². The summed E-state index contributed by atoms with van der Waals surface area (Å²) in [7, 11) is -3.79. The van der Waals surface area contributed by atoms with Crippen LogP contribution in [0.2, 0.25) is 0 Å². The van der Waals surface area contributed by atoms with E-state index >= 15 is 0 Å². The van der Waals surface area contributed by atoms with Gasteiger partial charge in [-0.1, -0.05) is 13.8 Å². The third kappa shape index (κ3) is 4.60. The summed E-state index contributed by atoms with van der Waals surface area (Å²) in [6.45, 7) is 7.44. The highest BCUT2D eigenvalue weighted by molar-refractivity contribution is 7.89. The Balaban J connectivity index is 1.73. The van der Waals surface area contributed by atoms with E-state index in [-0.39, 0.29) is 16.8 Å². The topological polar surface area (TPSA) is 84.9 Å². The van der Waals surface area contributed by atoms with E-state index in [4.69, 9.17) is 9.47 Å². The Hall–Kier alpha value is -1.80. The molecule has 0 spiro atoms. The number of nitrogens with zero attached hydrogens (tertiary/aromatic N) is 1. The molecule has 2 heterocycles. The van der Waals surface area contributed by atoms with Crippen molar-refractivity contribution < 1.29 is 22.7 Å². The van der Waals surface area contributed by atoms with Crippen molar-refractivity contribution in [2.45, 2.75) is 63.4 Å². The zero-order chi connectivity index (χ0) is 20.3. The van der Waals surface area contributed by atoms with Gasteiger partial charge in [-0.05, 0) is 50.7 Å². The fraction of sp³-hybridized carbons (Fsp3) is 0.650. The molecule has 2 aliphatic heterocycles. The molecular formula is C20H30N2O5S. The van der Waals surface area contributed by atoms with E-state index in [1.807, 2.05) is 6.92 Å². The first-order valence-corrected chi connectivity index (χ1v) is 11.4. The lowest BCUT2D eigenvalue weighted by Crippen LogP contribution is -2.48. The first kappa shape index (κ1) is 20.9. The van der Waals surface area contributed by atoms with Crippen molar-refractivity contribution in [1.82, 2.24) is 9.62 Å². The molecule has 2 atom stereocenters. The number of sulfonamides is 1. The van der Waals surface area contributed by atoms with Crippen molar-refractivity contribution >= 4 is 15.9 Å². The lowest BCUT2D eigenvalue weighted by Gasteiger charge is -2.26. The van der Waals surface area contributed by atoms with Crippen LogP contribution in [0.25, 0.3) is 0 Å². The van der Waals surface area contributed by atoms with Crippen molar-refractivity contribution in [1.29, 1.82) is 0 Å². The fourth-order valence-electron chi connectivity index (χ4n) is 3.60. The molecule has 0 aliphatic carbocycles. The Labute approximate surface area is 167 Å². The van der Waals surface area contributed by atoms with Crippen molar-refractivity contribution in [3.63, 3.8) is 0 Å². The van der Waals surface area contributed by atoms with Gasteiger partial charge in [0.15, 0.2) is 11.5 Å². The molecule has 28 heavy (non-hydrogen) atoms. The van der Waals surface area contributed by atoms with Crippen LogP contribution in [-0.4, -0.2) is 50.5 Å². The van der Waals surface area contributed by atoms with E-state index in [1.165, 1.54) is 16.4 Å². The standard InChI is InChI=1S/C20H30N2O5S/c1-14(2)6-7-15(3)21-20(23)17-5-4-10-22(17)28(24,25)16-8-9-18-19(13-16)27-12-11-26-18/h8-9,13-15,17H,4-7,10-12H2,1-3H3,(H,21,23)/t15-,17-/m1/s1. The van der Waals surface area contributed by atoms with Gasteiger partial charge in [0.05, 0.1) is 4.90 Å². The lowest BCUT2D eigenvalue weighted by atomic mass is 10.0. The second-order valence-electron chi connectivity index (χ2n) is 7.96. The van der Waals surface area contributed by atoms with Crippen molar-refractivity contribution in [3.8, 4) is 11.5 Å². The van der Waals surface area contributed by atoms with Crippen LogP contribution in [0.5, 0.6) is 11.5 Å². The summed E-state index contributed by atoms with van der Waals surface area (Å²) >= 11 is 0. The molecule has 1 aromatic carbocycles. The molecule has 0 unspecified atom stereocenters. The minimum Gasteiger partial charge on any atom is -0.486 e. The molecule has 0 radical (unpaired) electrons. The monoisotopic (exact) mass is 410 g/mol. The van der Waals surface area contributed by atoms with Crippen LogP contribution >= 0.6 is 0 Å². The minimum atomic E-state index is -3.79. The number of fused-ring (bicyclic) bond motifs is 1. The molecule has 8 heteroatoms. The number of rotatable bonds is 7. The third-order valence-electron chi connectivity index (χ3n) is 5.19. The number of ether oxygens (including phenoxy) is 2. The number of hydrogen-bond donors (Lipinski definition) is 1. The Morgan fingerprint density at radius 3 is 2.61 bits per heavy atom. The van der Waals surface area contributed by atoms with Crippen molar-refractivity contribution in [3.05, 3.63) is 18.2 Å². The normalized spacial score (nSPS) is 20.9. The highest BCUT2D eigenvalue weighted by Crippen LogP contribution is 2.34. The molecular weight excluding hydrogens is 380 g/mol. The second-order valence-corrected chi connectivity index (χ2v) is 9.85. The fourth-order valence-corrected chi connectivity index (χ4v) is 5.28. The highest BCUT2D eigenvalue weighted by Gasteiger charge is 2.40. The van der Waals surface area contributed by atoms with E-state index in [1.54, 1.807) is 6.07 Å². The van der Waals surface area contributed by atoms with Crippen molar-refractivity contribution in [2.24, 2.45) is 5.92 Å². The zero-order valence-electron chi connectivity index (χ0n) is 16.8. The van der Waals surface area contributed by atoms with Gasteiger partial charge in [-0.2, -0.15) is 4.31 Å². The average molecular weight is 411 g/mol. The van der Waals surface area contributed by atoms with E-state index in [2.05, 4.69) is 19.2 Å². The van der Waals surface area contributed by atoms with Crippen LogP contribution in [0.3, 0.4) is 0 Å². The summed E-state index contributed by atoms with van der Waals surface area (Å²) in [5.41, 5.74) is 0. The van der Waals surface area contributed by atoms with Crippen LogP contribution in [0.4, 0.5) is 0 Å². The quantitative estimate of drug-likeness (QED) is 0.747. The lowest BCUT2D eigenvalue weighted by molar-refractivity contribution is -0.124. The molecule has 1 fully saturated rings. The Morgan fingerprint density at radius 2 is 1.89 bits per heavy atom. The average Bonchev–Trinajstić information content (AvgIpc) is 3.17. The van der Waals surface area contributed by atoms with Crippen LogP contribution in [0.1, 0.15) is 46.5 Å². The van der Waals surface area contributed by atoms with E-state index in [9.17, 15) is 13.2 Å². The maximum atomic E-state index is 13.2. The second kappa shape index (κ2) is 8.69. The molecule has 1 amide bonds. The van der Waals surface area contributed by atoms with Gasteiger partial charge in [0.25, 0.3) is 0 Å². The summed E-state index contributed by atoms with van der Waals surface area (Å²) in [6.07, 6.45) is 3.10. The molecule has 3 rings (SSSR count). The molecule has 2 aliphatic rings. The summed E-state index contributed by atoms with van der Waals surface area (Å²) in [4.78, 5) is 12.9. The molecule has 0 saturated carbocycles. The highest BCUT2D eigenvalue weighted by atomic mass is 32.2. The van der Waals surface area contributed by atoms with E-state index in [0.717, 1.165) is 12.8 Å². The summed E-state index contributed by atoms with van der Waals surface area (Å²) in [5.74, 6) is 1.32. The number of nitrogens with one attached hydrogen (secondary N) is 1. The molecule has 1 aromatic rings. The van der Waals surface area contributed by atoms with Gasteiger partial charge in [-0.3, -0.25) is 4.79 Å². The third-order valence-corrected chi connectivity index (χ3v) is 7.10. The van der Waals surface area contributed by atoms with E-state index in [0.29, 0.717) is 50.0 Å².